The molecular formula is C12H12N2O4S2. The van der Waals surface area contributed by atoms with Crippen molar-refractivity contribution in [2.24, 2.45) is 0 Å². The molecule has 0 fully saturated rings. The van der Waals surface area contributed by atoms with Crippen LogP contribution in [0.3, 0.4) is 0 Å². The third kappa shape index (κ3) is 2.81. The Hall–Kier alpha value is -1.93. The van der Waals surface area contributed by atoms with Crippen molar-refractivity contribution < 1.29 is 18.3 Å². The van der Waals surface area contributed by atoms with Gasteiger partial charge < -0.3 is 5.11 Å². The summed E-state index contributed by atoms with van der Waals surface area (Å²) >= 11 is 0.885. The number of aromatic carboxylic acids is 1. The first-order chi connectivity index (χ1) is 9.31. The molecule has 0 amide bonds. The summed E-state index contributed by atoms with van der Waals surface area (Å²) in [6.45, 7) is 3.39. The number of aryl methyl sites for hydroxylation is 2. The van der Waals surface area contributed by atoms with Crippen molar-refractivity contribution >= 4 is 33.1 Å². The van der Waals surface area contributed by atoms with Crippen LogP contribution in [0.4, 0.5) is 5.82 Å². The van der Waals surface area contributed by atoms with Crippen LogP contribution in [0.25, 0.3) is 0 Å². The van der Waals surface area contributed by atoms with Crippen LogP contribution in [-0.4, -0.2) is 24.5 Å². The molecule has 2 N–H and O–H groups in total. The summed E-state index contributed by atoms with van der Waals surface area (Å²) in [7, 11) is -3.97. The maximum atomic E-state index is 12.3. The van der Waals surface area contributed by atoms with Crippen molar-refractivity contribution in [2.45, 2.75) is 18.7 Å². The minimum atomic E-state index is -3.97. The second-order valence-electron chi connectivity index (χ2n) is 4.21. The van der Waals surface area contributed by atoms with Gasteiger partial charge in [-0.05, 0) is 36.4 Å². The number of thiophene rings is 1. The number of rotatable bonds is 4. The molecule has 0 saturated heterocycles. The van der Waals surface area contributed by atoms with E-state index in [-0.39, 0.29) is 15.6 Å². The summed E-state index contributed by atoms with van der Waals surface area (Å²) < 4.78 is 26.9. The number of aromatic nitrogens is 1. The third-order valence-corrected chi connectivity index (χ3v) is 5.29. The molecule has 0 aromatic carbocycles. The van der Waals surface area contributed by atoms with Gasteiger partial charge in [0.25, 0.3) is 10.0 Å². The van der Waals surface area contributed by atoms with Crippen molar-refractivity contribution in [3.8, 4) is 0 Å². The van der Waals surface area contributed by atoms with Gasteiger partial charge in [0.15, 0.2) is 0 Å². The second kappa shape index (κ2) is 5.22. The number of carboxylic acid groups (broad SMARTS) is 1. The molecule has 2 aromatic heterocycles. The van der Waals surface area contributed by atoms with Gasteiger partial charge in [-0.3, -0.25) is 4.72 Å². The summed E-state index contributed by atoms with van der Waals surface area (Å²) in [5, 5.41) is 10.5. The first-order valence-corrected chi connectivity index (χ1v) is 7.94. The lowest BCUT2D eigenvalue weighted by atomic mass is 10.3. The van der Waals surface area contributed by atoms with E-state index in [9.17, 15) is 13.2 Å². The average molecular weight is 312 g/mol. The SMILES string of the molecule is Cc1ccc(NS(=O)(=O)c2c(C)csc2C(=O)O)nc1. The number of nitrogens with zero attached hydrogens (tertiary/aromatic N) is 1. The Balaban J connectivity index is 2.43. The number of anilines is 1. The largest absolute Gasteiger partial charge is 0.477 e. The minimum Gasteiger partial charge on any atom is -0.477 e. The van der Waals surface area contributed by atoms with Crippen LogP contribution in [0.5, 0.6) is 0 Å². The van der Waals surface area contributed by atoms with Gasteiger partial charge in [-0.25, -0.2) is 18.2 Å². The van der Waals surface area contributed by atoms with E-state index in [1.54, 1.807) is 13.0 Å². The first kappa shape index (κ1) is 14.5. The summed E-state index contributed by atoms with van der Waals surface area (Å²) in [5.74, 6) is -1.11. The van der Waals surface area contributed by atoms with Crippen molar-refractivity contribution in [1.82, 2.24) is 4.98 Å². The highest BCUT2D eigenvalue weighted by atomic mass is 32.2. The number of hydrogen-bond donors (Lipinski definition) is 2. The molecule has 0 aliphatic heterocycles. The maximum Gasteiger partial charge on any atom is 0.347 e. The molecule has 2 heterocycles. The Bertz CT molecular complexity index is 748. The van der Waals surface area contributed by atoms with Crippen molar-refractivity contribution in [3.05, 3.63) is 39.7 Å². The summed E-state index contributed by atoms with van der Waals surface area (Å²) in [6.07, 6.45) is 1.52. The Morgan fingerprint density at radius 2 is 2.05 bits per heavy atom. The molecular weight excluding hydrogens is 300 g/mol. The predicted molar refractivity (Wildman–Crippen MR) is 75.8 cm³/mol. The zero-order valence-electron chi connectivity index (χ0n) is 10.7. The van der Waals surface area contributed by atoms with Gasteiger partial charge in [-0.1, -0.05) is 6.07 Å². The number of carbonyl (C=O) groups is 1. The van der Waals surface area contributed by atoms with Crippen molar-refractivity contribution in [3.63, 3.8) is 0 Å². The lowest BCUT2D eigenvalue weighted by Gasteiger charge is -2.08. The highest BCUT2D eigenvalue weighted by Crippen LogP contribution is 2.28. The smallest absolute Gasteiger partial charge is 0.347 e. The molecule has 2 aromatic rings. The van der Waals surface area contributed by atoms with E-state index in [1.165, 1.54) is 17.6 Å². The molecule has 0 atom stereocenters. The summed E-state index contributed by atoms with van der Waals surface area (Å²) in [6, 6.07) is 3.23. The van der Waals surface area contributed by atoms with Crippen LogP contribution >= 0.6 is 11.3 Å². The number of sulfonamides is 1. The van der Waals surface area contributed by atoms with E-state index >= 15 is 0 Å². The fourth-order valence-electron chi connectivity index (χ4n) is 1.63. The molecule has 0 aliphatic rings. The van der Waals surface area contributed by atoms with E-state index in [0.29, 0.717) is 5.56 Å². The Morgan fingerprint density at radius 3 is 2.60 bits per heavy atom. The third-order valence-electron chi connectivity index (χ3n) is 2.53. The topological polar surface area (TPSA) is 96.4 Å². The van der Waals surface area contributed by atoms with Gasteiger partial charge in [-0.2, -0.15) is 0 Å². The second-order valence-corrected chi connectivity index (χ2v) is 6.71. The number of pyridine rings is 1. The molecule has 0 saturated carbocycles. The fraction of sp³-hybridized carbons (Fsp3) is 0.167. The molecule has 0 spiro atoms. The van der Waals surface area contributed by atoms with Gasteiger partial charge in [0.05, 0.1) is 0 Å². The molecule has 0 bridgehead atoms. The first-order valence-electron chi connectivity index (χ1n) is 5.58. The average Bonchev–Trinajstić information content (AvgIpc) is 2.75. The number of hydrogen-bond acceptors (Lipinski definition) is 5. The number of carboxylic acids is 1. The highest BCUT2D eigenvalue weighted by Gasteiger charge is 2.27. The zero-order valence-corrected chi connectivity index (χ0v) is 12.4. The monoisotopic (exact) mass is 312 g/mol. The molecule has 8 heteroatoms. The van der Waals surface area contributed by atoms with E-state index in [2.05, 4.69) is 9.71 Å². The van der Waals surface area contributed by atoms with Crippen LogP contribution in [0, 0.1) is 13.8 Å². The molecule has 106 valence electrons. The van der Waals surface area contributed by atoms with Gasteiger partial charge in [0, 0.05) is 6.20 Å². The van der Waals surface area contributed by atoms with Crippen LogP contribution < -0.4 is 4.72 Å². The fourth-order valence-corrected chi connectivity index (χ4v) is 4.27. The molecule has 0 radical (unpaired) electrons. The lowest BCUT2D eigenvalue weighted by molar-refractivity contribution is 0.0698. The minimum absolute atomic E-state index is 0.150. The van der Waals surface area contributed by atoms with E-state index in [1.807, 2.05) is 6.92 Å². The van der Waals surface area contributed by atoms with Crippen LogP contribution in [0.1, 0.15) is 20.8 Å². The zero-order chi connectivity index (χ0) is 14.9. The van der Waals surface area contributed by atoms with Gasteiger partial charge >= 0.3 is 5.97 Å². The predicted octanol–water partition coefficient (Wildman–Crippen LogP) is 2.26. The number of nitrogens with one attached hydrogen (secondary N) is 1. The van der Waals surface area contributed by atoms with Crippen LogP contribution in [-0.2, 0) is 10.0 Å². The standard InChI is InChI=1S/C12H12N2O4S2/c1-7-3-4-9(13-5-7)14-20(17,18)11-8(2)6-19-10(11)12(15)16/h3-6H,1-2H3,(H,13,14)(H,15,16). The summed E-state index contributed by atoms with van der Waals surface area (Å²) in [4.78, 5) is 14.6. The van der Waals surface area contributed by atoms with Crippen molar-refractivity contribution in [1.29, 1.82) is 0 Å². The lowest BCUT2D eigenvalue weighted by Crippen LogP contribution is -2.17. The summed E-state index contributed by atoms with van der Waals surface area (Å²) in [5.41, 5.74) is 1.29. The quantitative estimate of drug-likeness (QED) is 0.902. The van der Waals surface area contributed by atoms with Gasteiger partial charge in [0.1, 0.15) is 15.6 Å². The van der Waals surface area contributed by atoms with Crippen LogP contribution in [0.15, 0.2) is 28.6 Å². The van der Waals surface area contributed by atoms with E-state index < -0.39 is 16.0 Å². The van der Waals surface area contributed by atoms with E-state index in [0.717, 1.165) is 16.9 Å². The molecule has 0 unspecified atom stereocenters. The van der Waals surface area contributed by atoms with E-state index in [4.69, 9.17) is 5.11 Å². The molecule has 2 rings (SSSR count). The molecule has 0 aliphatic carbocycles. The van der Waals surface area contributed by atoms with Crippen LogP contribution in [0.2, 0.25) is 0 Å². The normalized spacial score (nSPS) is 11.3. The molecule has 6 nitrogen and oxygen atoms in total. The van der Waals surface area contributed by atoms with Gasteiger partial charge in [0.2, 0.25) is 0 Å². The molecule has 20 heavy (non-hydrogen) atoms. The maximum absolute atomic E-state index is 12.3. The Labute approximate surface area is 120 Å². The Morgan fingerprint density at radius 1 is 1.35 bits per heavy atom. The highest BCUT2D eigenvalue weighted by molar-refractivity contribution is 7.93. The van der Waals surface area contributed by atoms with Crippen molar-refractivity contribution in [2.75, 3.05) is 4.72 Å². The van der Waals surface area contributed by atoms with Gasteiger partial charge in [-0.15, -0.1) is 11.3 Å². The Kier molecular flexibility index (Phi) is 3.78.